The largest absolute Gasteiger partial charge is 0.460 e. The number of ether oxygens (including phenoxy) is 1. The highest BCUT2D eigenvalue weighted by Gasteiger charge is 2.11. The molecule has 1 aromatic heterocycles. The van der Waals surface area contributed by atoms with E-state index in [1.807, 2.05) is 26.8 Å². The van der Waals surface area contributed by atoms with Crippen molar-refractivity contribution in [1.29, 1.82) is 0 Å². The van der Waals surface area contributed by atoms with Crippen molar-refractivity contribution >= 4 is 43.7 Å². The average Bonchev–Trinajstić information content (AvgIpc) is 3.03. The molecule has 0 unspecified atom stereocenters. The van der Waals surface area contributed by atoms with Crippen LogP contribution in [0.25, 0.3) is 21.8 Å². The molecule has 4 nitrogen and oxygen atoms in total. The van der Waals surface area contributed by atoms with Crippen LogP contribution in [0.15, 0.2) is 47.5 Å². The summed E-state index contributed by atoms with van der Waals surface area (Å²) in [6.45, 7) is 14.6. The van der Waals surface area contributed by atoms with Crippen LogP contribution in [0.5, 0.6) is 0 Å². The minimum absolute atomic E-state index is 0.225. The molecule has 0 saturated heterocycles. The Labute approximate surface area is 176 Å². The van der Waals surface area contributed by atoms with Gasteiger partial charge in [0.2, 0.25) is 0 Å². The monoisotopic (exact) mass is 446 g/mol. The second kappa shape index (κ2) is 11.0. The number of rotatable bonds is 2. The van der Waals surface area contributed by atoms with E-state index in [-0.39, 0.29) is 11.6 Å². The third-order valence-electron chi connectivity index (χ3n) is 3.55. The second-order valence-electron chi connectivity index (χ2n) is 7.27. The Kier molecular flexibility index (Phi) is 9.39. The summed E-state index contributed by atoms with van der Waals surface area (Å²) in [5.41, 5.74) is 1.86. The first-order chi connectivity index (χ1) is 13.1. The van der Waals surface area contributed by atoms with Crippen molar-refractivity contribution in [3.8, 4) is 0 Å². The number of carbonyl (C=O) groups is 1. The van der Waals surface area contributed by atoms with E-state index in [1.54, 1.807) is 0 Å². The number of fused-ring (bicyclic) bond motifs is 3. The number of nitrogens with one attached hydrogen (secondary N) is 1. The van der Waals surface area contributed by atoms with E-state index >= 15 is 0 Å². The van der Waals surface area contributed by atoms with Crippen molar-refractivity contribution in [3.63, 3.8) is 0 Å². The topological polar surface area (TPSA) is 55.0 Å². The molecular formula is C23H31BrN2O2. The molecule has 0 aliphatic carbocycles. The lowest BCUT2D eigenvalue weighted by Crippen LogP contribution is -2.21. The molecule has 0 amide bonds. The van der Waals surface area contributed by atoms with Crippen LogP contribution in [0.2, 0.25) is 0 Å². The molecule has 28 heavy (non-hydrogen) atoms. The fourth-order valence-electron chi connectivity index (χ4n) is 2.42. The number of aryl methyl sites for hydroxylation is 1. The van der Waals surface area contributed by atoms with Gasteiger partial charge in [-0.3, -0.25) is 4.79 Å². The smallest absolute Gasteiger partial charge is 0.303 e. The average molecular weight is 447 g/mol. The van der Waals surface area contributed by atoms with E-state index in [1.165, 1.54) is 17.7 Å². The van der Waals surface area contributed by atoms with Crippen molar-refractivity contribution in [3.05, 3.63) is 53.3 Å². The van der Waals surface area contributed by atoms with Crippen LogP contribution in [0, 0.1) is 0 Å². The number of halogens is 1. The molecule has 3 aromatic rings. The lowest BCUT2D eigenvalue weighted by molar-refractivity contribution is -0.151. The van der Waals surface area contributed by atoms with E-state index < -0.39 is 0 Å². The van der Waals surface area contributed by atoms with Crippen molar-refractivity contribution in [2.75, 3.05) is 0 Å². The maximum atomic E-state index is 10.2. The molecule has 152 valence electrons. The van der Waals surface area contributed by atoms with Gasteiger partial charge in [0.25, 0.3) is 0 Å². The summed E-state index contributed by atoms with van der Waals surface area (Å²) in [6, 6.07) is 10.5. The maximum absolute atomic E-state index is 10.2. The van der Waals surface area contributed by atoms with Gasteiger partial charge in [-0.25, -0.2) is 4.98 Å². The number of aromatic amines is 1. The number of hydrogen-bond donors (Lipinski definition) is 1. The summed E-state index contributed by atoms with van der Waals surface area (Å²) in [4.78, 5) is 18.2. The molecule has 0 fully saturated rings. The predicted octanol–water partition coefficient (Wildman–Crippen LogP) is 6.97. The number of benzene rings is 2. The van der Waals surface area contributed by atoms with Gasteiger partial charge in [-0.2, -0.15) is 0 Å². The third kappa shape index (κ3) is 7.85. The number of imidazole rings is 1. The van der Waals surface area contributed by atoms with Gasteiger partial charge >= 0.3 is 5.97 Å². The zero-order valence-electron chi connectivity index (χ0n) is 17.7. The van der Waals surface area contributed by atoms with Gasteiger partial charge in [0, 0.05) is 23.2 Å². The van der Waals surface area contributed by atoms with E-state index in [9.17, 15) is 4.79 Å². The number of allylic oxidation sites excluding steroid dienone is 1. The normalized spacial score (nSPS) is 10.5. The number of carbonyl (C=O) groups excluding carboxylic acids is 1. The molecule has 5 heteroatoms. The Balaban J connectivity index is 0.000000276. The zero-order chi connectivity index (χ0) is 21.3. The standard InChI is InChI=1S/C13H11BrN2.C6H12O2.C4H8/c1-2-12-15-11-6-3-8-7-9(14)4-5-10(8)13(11)16-12;1-5(7)8-6(2,3)4;1-3-4-2/h3-7H,2H2,1H3,(H,15,16);1-4H3;3H,1,4H2,2H3. The van der Waals surface area contributed by atoms with Gasteiger partial charge < -0.3 is 9.72 Å². The molecule has 0 aliphatic rings. The summed E-state index contributed by atoms with van der Waals surface area (Å²) < 4.78 is 5.90. The fourth-order valence-corrected chi connectivity index (χ4v) is 2.80. The Morgan fingerprint density at radius 3 is 2.36 bits per heavy atom. The number of aromatic nitrogens is 2. The molecule has 0 aliphatic heterocycles. The van der Waals surface area contributed by atoms with Crippen LogP contribution in [-0.2, 0) is 16.0 Å². The summed E-state index contributed by atoms with van der Waals surface area (Å²) in [5.74, 6) is 0.822. The molecule has 0 saturated carbocycles. The van der Waals surface area contributed by atoms with Gasteiger partial charge in [0.15, 0.2) is 0 Å². The maximum Gasteiger partial charge on any atom is 0.303 e. The SMILES string of the molecule is C=CCC.CC(=O)OC(C)(C)C.CCc1nc2c(ccc3cc(Br)ccc32)[nH]1. The zero-order valence-corrected chi connectivity index (χ0v) is 19.3. The van der Waals surface area contributed by atoms with E-state index in [4.69, 9.17) is 4.74 Å². The first kappa shape index (κ1) is 23.9. The highest BCUT2D eigenvalue weighted by Crippen LogP contribution is 2.26. The van der Waals surface area contributed by atoms with Crippen LogP contribution in [-0.4, -0.2) is 21.5 Å². The van der Waals surface area contributed by atoms with Crippen molar-refractivity contribution in [1.82, 2.24) is 9.97 Å². The Bertz CT molecular complexity index is 923. The predicted molar refractivity (Wildman–Crippen MR) is 123 cm³/mol. The molecule has 0 spiro atoms. The molecule has 3 rings (SSSR count). The number of esters is 1. The lowest BCUT2D eigenvalue weighted by Gasteiger charge is -2.17. The number of hydrogen-bond acceptors (Lipinski definition) is 3. The number of nitrogens with zero attached hydrogens (tertiary/aromatic N) is 1. The molecule has 0 bridgehead atoms. The van der Waals surface area contributed by atoms with Crippen LogP contribution < -0.4 is 0 Å². The summed E-state index contributed by atoms with van der Waals surface area (Å²) in [7, 11) is 0. The molecular weight excluding hydrogens is 416 g/mol. The third-order valence-corrected chi connectivity index (χ3v) is 4.05. The van der Waals surface area contributed by atoms with Gasteiger partial charge in [-0.05, 0) is 50.8 Å². The first-order valence-corrected chi connectivity index (χ1v) is 10.3. The Morgan fingerprint density at radius 2 is 1.89 bits per heavy atom. The second-order valence-corrected chi connectivity index (χ2v) is 8.18. The Morgan fingerprint density at radius 1 is 1.25 bits per heavy atom. The molecule has 1 N–H and O–H groups in total. The molecule has 0 atom stereocenters. The highest BCUT2D eigenvalue weighted by atomic mass is 79.9. The quantitative estimate of drug-likeness (QED) is 0.341. The molecule has 2 aromatic carbocycles. The van der Waals surface area contributed by atoms with Crippen LogP contribution in [0.3, 0.4) is 0 Å². The Hall–Kier alpha value is -2.14. The van der Waals surface area contributed by atoms with Crippen molar-refractivity contribution < 1.29 is 9.53 Å². The van der Waals surface area contributed by atoms with Crippen molar-refractivity contribution in [2.45, 2.75) is 60.0 Å². The molecule has 1 heterocycles. The van der Waals surface area contributed by atoms with Crippen LogP contribution in [0.1, 0.15) is 53.8 Å². The van der Waals surface area contributed by atoms with E-state index in [0.717, 1.165) is 34.2 Å². The van der Waals surface area contributed by atoms with Crippen LogP contribution >= 0.6 is 15.9 Å². The fraction of sp³-hybridized carbons (Fsp3) is 0.391. The summed E-state index contributed by atoms with van der Waals surface area (Å²) >= 11 is 3.49. The van der Waals surface area contributed by atoms with E-state index in [2.05, 4.69) is 76.7 Å². The van der Waals surface area contributed by atoms with Gasteiger partial charge in [0.1, 0.15) is 11.4 Å². The van der Waals surface area contributed by atoms with Gasteiger partial charge in [-0.1, -0.05) is 48.0 Å². The molecule has 0 radical (unpaired) electrons. The van der Waals surface area contributed by atoms with Gasteiger partial charge in [-0.15, -0.1) is 6.58 Å². The summed E-state index contributed by atoms with van der Waals surface area (Å²) in [5, 5.41) is 2.42. The number of H-pyrrole nitrogens is 1. The minimum Gasteiger partial charge on any atom is -0.460 e. The van der Waals surface area contributed by atoms with Crippen LogP contribution in [0.4, 0.5) is 0 Å². The minimum atomic E-state index is -0.328. The van der Waals surface area contributed by atoms with E-state index in [0.29, 0.717) is 0 Å². The highest BCUT2D eigenvalue weighted by molar-refractivity contribution is 9.10. The lowest BCUT2D eigenvalue weighted by atomic mass is 10.1. The van der Waals surface area contributed by atoms with Gasteiger partial charge in [0.05, 0.1) is 11.0 Å². The first-order valence-electron chi connectivity index (χ1n) is 9.48. The summed E-state index contributed by atoms with van der Waals surface area (Å²) in [6.07, 6.45) is 3.90. The van der Waals surface area contributed by atoms with Crippen molar-refractivity contribution in [2.24, 2.45) is 0 Å².